The Kier molecular flexibility index (Phi) is 5.43. The van der Waals surface area contributed by atoms with Crippen LogP contribution in [0.1, 0.15) is 51.7 Å². The summed E-state index contributed by atoms with van der Waals surface area (Å²) in [6.45, 7) is 7.12. The molecule has 29 heavy (non-hydrogen) atoms. The van der Waals surface area contributed by atoms with Gasteiger partial charge < -0.3 is 9.84 Å². The molecule has 0 bridgehead atoms. The van der Waals surface area contributed by atoms with Gasteiger partial charge in [-0.3, -0.25) is 9.69 Å². The highest BCUT2D eigenvalue weighted by Gasteiger charge is 2.51. The van der Waals surface area contributed by atoms with E-state index in [-0.39, 0.29) is 35.4 Å². The van der Waals surface area contributed by atoms with Crippen molar-refractivity contribution in [1.29, 1.82) is 0 Å². The van der Waals surface area contributed by atoms with Crippen molar-refractivity contribution in [3.8, 4) is 0 Å². The number of allylic oxidation sites excluding steroid dienone is 3. The topological polar surface area (TPSA) is 49.8 Å². The van der Waals surface area contributed by atoms with E-state index in [4.69, 9.17) is 4.74 Å². The summed E-state index contributed by atoms with van der Waals surface area (Å²) in [4.78, 5) is 14.9. The zero-order chi connectivity index (χ0) is 20.8. The largest absolute Gasteiger partial charge is 0.461 e. The van der Waals surface area contributed by atoms with Gasteiger partial charge in [-0.1, -0.05) is 55.0 Å². The van der Waals surface area contributed by atoms with Gasteiger partial charge in [-0.05, 0) is 56.7 Å². The molecule has 6 unspecified atom stereocenters. The van der Waals surface area contributed by atoms with Crippen molar-refractivity contribution >= 4 is 5.97 Å². The molecule has 0 saturated carbocycles. The highest BCUT2D eigenvalue weighted by Crippen LogP contribution is 2.52. The van der Waals surface area contributed by atoms with E-state index in [1.54, 1.807) is 0 Å². The monoisotopic (exact) mass is 395 g/mol. The number of ether oxygens (including phenoxy) is 1. The van der Waals surface area contributed by atoms with Gasteiger partial charge in [0.1, 0.15) is 6.10 Å². The van der Waals surface area contributed by atoms with Crippen molar-refractivity contribution < 1.29 is 14.6 Å². The molecule has 0 aromatic heterocycles. The van der Waals surface area contributed by atoms with Crippen molar-refractivity contribution in [3.63, 3.8) is 0 Å². The lowest BCUT2D eigenvalue weighted by molar-refractivity contribution is -0.145. The maximum Gasteiger partial charge on any atom is 0.311 e. The highest BCUT2D eigenvalue weighted by atomic mass is 16.6. The number of benzene rings is 1. The number of esters is 1. The number of aliphatic hydroxyl groups excluding tert-OH is 1. The minimum absolute atomic E-state index is 0.0186. The van der Waals surface area contributed by atoms with Gasteiger partial charge in [0.25, 0.3) is 0 Å². The molecule has 6 atom stereocenters. The van der Waals surface area contributed by atoms with Crippen molar-refractivity contribution in [3.05, 3.63) is 59.2 Å². The summed E-state index contributed by atoms with van der Waals surface area (Å²) in [5, 5.41) is 10.8. The molecule has 4 nitrogen and oxygen atoms in total. The van der Waals surface area contributed by atoms with Crippen LogP contribution in [0.4, 0.5) is 0 Å². The molecule has 1 N–H and O–H groups in total. The molecule has 1 aliphatic heterocycles. The lowest BCUT2D eigenvalue weighted by Crippen LogP contribution is -2.42. The summed E-state index contributed by atoms with van der Waals surface area (Å²) in [6.07, 6.45) is 7.20. The van der Waals surface area contributed by atoms with E-state index in [1.165, 1.54) is 11.1 Å². The van der Waals surface area contributed by atoms with Crippen molar-refractivity contribution in [2.24, 2.45) is 17.3 Å². The Hall–Kier alpha value is -1.91. The van der Waals surface area contributed by atoms with Gasteiger partial charge in [-0.2, -0.15) is 0 Å². The van der Waals surface area contributed by atoms with Gasteiger partial charge in [0.15, 0.2) is 0 Å². The zero-order valence-corrected chi connectivity index (χ0v) is 18.0. The third-order valence-corrected chi connectivity index (χ3v) is 7.47. The molecule has 1 heterocycles. The minimum Gasteiger partial charge on any atom is -0.461 e. The van der Waals surface area contributed by atoms with Crippen LogP contribution in [-0.4, -0.2) is 41.7 Å². The van der Waals surface area contributed by atoms with Crippen LogP contribution in [0.15, 0.2) is 53.6 Å². The van der Waals surface area contributed by atoms with Gasteiger partial charge in [0.2, 0.25) is 0 Å². The van der Waals surface area contributed by atoms with Gasteiger partial charge in [0.05, 0.1) is 12.0 Å². The number of fused-ring (bicyclic) bond motifs is 2. The van der Waals surface area contributed by atoms with Crippen molar-refractivity contribution in [2.75, 3.05) is 13.6 Å². The predicted octanol–water partition coefficient (Wildman–Crippen LogP) is 4.27. The van der Waals surface area contributed by atoms with Gasteiger partial charge in [-0.25, -0.2) is 0 Å². The summed E-state index contributed by atoms with van der Waals surface area (Å²) in [7, 11) is 1.99. The molecule has 0 spiro atoms. The summed E-state index contributed by atoms with van der Waals surface area (Å²) < 4.78 is 5.86. The highest BCUT2D eigenvalue weighted by molar-refractivity contribution is 5.76. The Bertz CT molecular complexity index is 830. The van der Waals surface area contributed by atoms with Crippen LogP contribution < -0.4 is 0 Å². The fraction of sp³-hybridized carbons (Fsp3) is 0.560. The molecular formula is C25H33NO3. The molecule has 4 rings (SSSR count). The Balaban J connectivity index is 1.52. The minimum atomic E-state index is -0.592. The van der Waals surface area contributed by atoms with Crippen LogP contribution in [0.3, 0.4) is 0 Å². The Morgan fingerprint density at radius 3 is 2.76 bits per heavy atom. The summed E-state index contributed by atoms with van der Waals surface area (Å²) in [6, 6.07) is 9.62. The first kappa shape index (κ1) is 20.4. The lowest BCUT2D eigenvalue weighted by atomic mass is 9.62. The summed E-state index contributed by atoms with van der Waals surface area (Å²) in [5.41, 5.74) is 3.79. The van der Waals surface area contributed by atoms with E-state index in [2.05, 4.69) is 30.9 Å². The second-order valence-corrected chi connectivity index (χ2v) is 9.47. The molecule has 4 heteroatoms. The van der Waals surface area contributed by atoms with Crippen LogP contribution in [0, 0.1) is 17.3 Å². The van der Waals surface area contributed by atoms with Gasteiger partial charge >= 0.3 is 5.97 Å². The maximum atomic E-state index is 12.8. The van der Waals surface area contributed by atoms with Crippen LogP contribution in [0.5, 0.6) is 0 Å². The quantitative estimate of drug-likeness (QED) is 0.756. The molecule has 0 amide bonds. The van der Waals surface area contributed by atoms with E-state index in [1.807, 2.05) is 44.3 Å². The number of rotatable bonds is 5. The van der Waals surface area contributed by atoms with Gasteiger partial charge in [0, 0.05) is 18.5 Å². The molecule has 3 aliphatic rings. The second-order valence-electron chi connectivity index (χ2n) is 9.47. The summed E-state index contributed by atoms with van der Waals surface area (Å²) >= 11 is 0. The zero-order valence-electron chi connectivity index (χ0n) is 18.0. The Labute approximate surface area is 174 Å². The molecule has 2 aliphatic carbocycles. The fourth-order valence-corrected chi connectivity index (χ4v) is 5.48. The average molecular weight is 396 g/mol. The van der Waals surface area contributed by atoms with E-state index >= 15 is 0 Å². The second kappa shape index (κ2) is 7.73. The first-order valence-corrected chi connectivity index (χ1v) is 10.8. The number of likely N-dealkylation sites (N-methyl/N-ethyl adjacent to an activating group) is 1. The van der Waals surface area contributed by atoms with Crippen LogP contribution in [0.2, 0.25) is 0 Å². The van der Waals surface area contributed by atoms with E-state index < -0.39 is 6.10 Å². The third kappa shape index (κ3) is 3.69. The number of hydrogen-bond acceptors (Lipinski definition) is 4. The fourth-order valence-electron chi connectivity index (χ4n) is 5.48. The standard InChI is InChI=1S/C25H33NO3/c1-16-9-8-12-25(3)14-22-19(13-21(16)25)20(24(28)29-22)15-26(4)17(2)23(27)18-10-6-5-7-11-18/h5-7,9-11,13,17,19-20,22-23,27H,8,12,14-15H2,1-4H3. The lowest BCUT2D eigenvalue weighted by Gasteiger charge is -2.43. The molecule has 0 radical (unpaired) electrons. The molecule has 1 aromatic rings. The molecule has 1 aromatic carbocycles. The third-order valence-electron chi connectivity index (χ3n) is 7.47. The average Bonchev–Trinajstić information content (AvgIpc) is 2.99. The van der Waals surface area contributed by atoms with Crippen LogP contribution in [0.25, 0.3) is 0 Å². The first-order chi connectivity index (χ1) is 13.8. The van der Waals surface area contributed by atoms with Crippen molar-refractivity contribution in [2.45, 2.75) is 58.3 Å². The number of hydrogen-bond donors (Lipinski definition) is 1. The Morgan fingerprint density at radius 2 is 2.03 bits per heavy atom. The number of aliphatic hydroxyl groups is 1. The number of nitrogens with zero attached hydrogens (tertiary/aromatic N) is 1. The van der Waals surface area contributed by atoms with Crippen LogP contribution >= 0.6 is 0 Å². The normalized spacial score (nSPS) is 33.3. The smallest absolute Gasteiger partial charge is 0.311 e. The molecular weight excluding hydrogens is 362 g/mol. The van der Waals surface area contributed by atoms with Crippen molar-refractivity contribution in [1.82, 2.24) is 4.90 Å². The van der Waals surface area contributed by atoms with Crippen LogP contribution in [-0.2, 0) is 9.53 Å². The number of carbonyl (C=O) groups is 1. The molecule has 156 valence electrons. The van der Waals surface area contributed by atoms with Gasteiger partial charge in [-0.15, -0.1) is 0 Å². The first-order valence-electron chi connectivity index (χ1n) is 10.8. The molecule has 1 fully saturated rings. The Morgan fingerprint density at radius 1 is 1.31 bits per heavy atom. The van der Waals surface area contributed by atoms with E-state index in [9.17, 15) is 9.90 Å². The molecule has 1 saturated heterocycles. The predicted molar refractivity (Wildman–Crippen MR) is 114 cm³/mol. The maximum absolute atomic E-state index is 12.8. The SMILES string of the molecule is CC1=CCCC2(C)CC3OC(=O)C(CN(C)C(C)C(O)c4ccccc4)C3C=C12. The van der Waals surface area contributed by atoms with E-state index in [0.29, 0.717) is 6.54 Å². The van der Waals surface area contributed by atoms with E-state index in [0.717, 1.165) is 24.8 Å². The number of carbonyl (C=O) groups excluding carboxylic acids is 1. The summed E-state index contributed by atoms with van der Waals surface area (Å²) in [5.74, 6) is -0.147.